The zero-order valence-corrected chi connectivity index (χ0v) is 20.5. The molecule has 168 valence electrons. The molecule has 1 aliphatic rings. The van der Waals surface area contributed by atoms with E-state index < -0.39 is 0 Å². The predicted octanol–water partition coefficient (Wildman–Crippen LogP) is 5.63. The molecule has 1 fully saturated rings. The van der Waals surface area contributed by atoms with Crippen LogP contribution in [0.3, 0.4) is 0 Å². The number of thioether (sulfide) groups is 1. The van der Waals surface area contributed by atoms with Gasteiger partial charge in [0, 0.05) is 28.7 Å². The molecule has 0 aromatic heterocycles. The first-order valence-electron chi connectivity index (χ1n) is 9.54. The highest BCUT2D eigenvalue weighted by molar-refractivity contribution is 8.26. The first kappa shape index (κ1) is 24.4. The summed E-state index contributed by atoms with van der Waals surface area (Å²) < 4.78 is 11.0. The number of rotatable bonds is 8. The summed E-state index contributed by atoms with van der Waals surface area (Å²) in [7, 11) is 3.12. The second-order valence-electron chi connectivity index (χ2n) is 6.76. The van der Waals surface area contributed by atoms with E-state index in [2.05, 4.69) is 5.32 Å². The molecular formula is C22H20Cl2N2O4S2. The molecule has 3 rings (SSSR count). The van der Waals surface area contributed by atoms with Crippen LogP contribution in [0.4, 0.5) is 5.69 Å². The van der Waals surface area contributed by atoms with Gasteiger partial charge in [0.15, 0.2) is 11.5 Å². The quantitative estimate of drug-likeness (QED) is 0.366. The Morgan fingerprint density at radius 3 is 2.47 bits per heavy atom. The largest absolute Gasteiger partial charge is 0.493 e. The van der Waals surface area contributed by atoms with Gasteiger partial charge in [-0.25, -0.2) is 0 Å². The molecule has 1 N–H and O–H groups in total. The van der Waals surface area contributed by atoms with Crippen LogP contribution in [-0.4, -0.2) is 41.8 Å². The molecule has 0 saturated carbocycles. The third-order valence-electron chi connectivity index (χ3n) is 4.51. The van der Waals surface area contributed by atoms with Gasteiger partial charge in [-0.05, 0) is 48.4 Å². The van der Waals surface area contributed by atoms with E-state index in [1.165, 1.54) is 16.7 Å². The Balaban J connectivity index is 1.58. The van der Waals surface area contributed by atoms with Crippen LogP contribution in [0.1, 0.15) is 18.4 Å². The van der Waals surface area contributed by atoms with Crippen LogP contribution in [0.5, 0.6) is 11.5 Å². The van der Waals surface area contributed by atoms with Gasteiger partial charge >= 0.3 is 0 Å². The summed E-state index contributed by atoms with van der Waals surface area (Å²) in [5.41, 5.74) is 1.32. The Morgan fingerprint density at radius 1 is 1.12 bits per heavy atom. The summed E-state index contributed by atoms with van der Waals surface area (Å²) in [5, 5.41) is 3.62. The summed E-state index contributed by atoms with van der Waals surface area (Å²) in [6.07, 6.45) is 2.43. The molecule has 0 atom stereocenters. The van der Waals surface area contributed by atoms with E-state index >= 15 is 0 Å². The van der Waals surface area contributed by atoms with Crippen molar-refractivity contribution in [1.29, 1.82) is 0 Å². The number of anilines is 1. The van der Waals surface area contributed by atoms with Crippen molar-refractivity contribution in [3.63, 3.8) is 0 Å². The molecule has 2 aromatic carbocycles. The van der Waals surface area contributed by atoms with Crippen molar-refractivity contribution < 1.29 is 19.1 Å². The molecule has 0 radical (unpaired) electrons. The van der Waals surface area contributed by atoms with Crippen LogP contribution < -0.4 is 14.8 Å². The van der Waals surface area contributed by atoms with Crippen molar-refractivity contribution in [1.82, 2.24) is 4.90 Å². The maximum atomic E-state index is 12.8. The van der Waals surface area contributed by atoms with Gasteiger partial charge in [-0.1, -0.05) is 53.2 Å². The van der Waals surface area contributed by atoms with Gasteiger partial charge in [0.1, 0.15) is 4.32 Å². The number of carbonyl (C=O) groups is 2. The lowest BCUT2D eigenvalue weighted by Crippen LogP contribution is -2.29. The monoisotopic (exact) mass is 510 g/mol. The van der Waals surface area contributed by atoms with Crippen molar-refractivity contribution >= 4 is 75.1 Å². The molecule has 2 aromatic rings. The minimum absolute atomic E-state index is 0.184. The Kier molecular flexibility index (Phi) is 8.42. The Bertz CT molecular complexity index is 1070. The van der Waals surface area contributed by atoms with Crippen LogP contribution in [0.25, 0.3) is 6.08 Å². The van der Waals surface area contributed by atoms with Crippen LogP contribution in [0.2, 0.25) is 10.0 Å². The molecule has 6 nitrogen and oxygen atoms in total. The normalized spacial score (nSPS) is 14.8. The van der Waals surface area contributed by atoms with E-state index in [-0.39, 0.29) is 18.2 Å². The minimum Gasteiger partial charge on any atom is -0.493 e. The fourth-order valence-electron chi connectivity index (χ4n) is 3.03. The highest BCUT2D eigenvalue weighted by Gasteiger charge is 2.31. The average molecular weight is 511 g/mol. The zero-order valence-electron chi connectivity index (χ0n) is 17.3. The average Bonchev–Trinajstić information content (AvgIpc) is 3.00. The van der Waals surface area contributed by atoms with Crippen molar-refractivity contribution in [2.45, 2.75) is 12.8 Å². The zero-order chi connectivity index (χ0) is 23.3. The number of carbonyl (C=O) groups excluding carboxylic acids is 2. The van der Waals surface area contributed by atoms with Crippen LogP contribution in [-0.2, 0) is 9.59 Å². The molecule has 1 aliphatic heterocycles. The van der Waals surface area contributed by atoms with E-state index in [0.717, 1.165) is 5.56 Å². The smallest absolute Gasteiger partial charge is 0.266 e. The lowest BCUT2D eigenvalue weighted by atomic mass is 10.2. The highest BCUT2D eigenvalue weighted by Crippen LogP contribution is 2.34. The van der Waals surface area contributed by atoms with Crippen molar-refractivity contribution in [3.8, 4) is 11.5 Å². The van der Waals surface area contributed by atoms with Crippen molar-refractivity contribution in [2.24, 2.45) is 0 Å². The number of benzene rings is 2. The number of thiocarbonyl (C=S) groups is 1. The molecule has 1 saturated heterocycles. The van der Waals surface area contributed by atoms with Gasteiger partial charge in [-0.15, -0.1) is 0 Å². The van der Waals surface area contributed by atoms with Gasteiger partial charge in [-0.2, -0.15) is 0 Å². The summed E-state index contributed by atoms with van der Waals surface area (Å²) >= 11 is 18.5. The molecule has 1 heterocycles. The van der Waals surface area contributed by atoms with Gasteiger partial charge in [0.2, 0.25) is 5.91 Å². The first-order valence-corrected chi connectivity index (χ1v) is 11.5. The SMILES string of the molecule is COc1ccc(C=C2SC(=S)N(CCCC(=O)Nc3cc(Cl)cc(Cl)c3)C2=O)cc1OC. The van der Waals surface area contributed by atoms with Gasteiger partial charge in [0.25, 0.3) is 5.91 Å². The second-order valence-corrected chi connectivity index (χ2v) is 9.31. The number of hydrogen-bond acceptors (Lipinski definition) is 6. The van der Waals surface area contributed by atoms with E-state index in [4.69, 9.17) is 44.9 Å². The van der Waals surface area contributed by atoms with Crippen LogP contribution >= 0.6 is 47.2 Å². The predicted molar refractivity (Wildman–Crippen MR) is 134 cm³/mol. The molecule has 0 bridgehead atoms. The standard InChI is InChI=1S/C22H20Cl2N2O4S2/c1-29-17-6-5-13(8-18(17)30-2)9-19-21(28)26(22(31)32-19)7-3-4-20(27)25-16-11-14(23)10-15(24)12-16/h5-6,8-12H,3-4,7H2,1-2H3,(H,25,27). The minimum atomic E-state index is -0.199. The summed E-state index contributed by atoms with van der Waals surface area (Å²) in [5.74, 6) is 0.797. The number of halogens is 2. The fourth-order valence-corrected chi connectivity index (χ4v) is 4.87. The topological polar surface area (TPSA) is 67.9 Å². The maximum absolute atomic E-state index is 12.8. The highest BCUT2D eigenvalue weighted by atomic mass is 35.5. The second kappa shape index (κ2) is 11.0. The summed E-state index contributed by atoms with van der Waals surface area (Å²) in [6.45, 7) is 0.345. The van der Waals surface area contributed by atoms with Crippen molar-refractivity contribution in [2.75, 3.05) is 26.1 Å². The number of ether oxygens (including phenoxy) is 2. The molecule has 2 amide bonds. The lowest BCUT2D eigenvalue weighted by molar-refractivity contribution is -0.122. The van der Waals surface area contributed by atoms with Gasteiger partial charge < -0.3 is 14.8 Å². The van der Waals surface area contributed by atoms with Gasteiger partial charge in [-0.3, -0.25) is 14.5 Å². The molecule has 0 aliphatic carbocycles. The number of amides is 2. The Morgan fingerprint density at radius 2 is 1.81 bits per heavy atom. The molecule has 32 heavy (non-hydrogen) atoms. The fraction of sp³-hybridized carbons (Fsp3) is 0.227. The summed E-state index contributed by atoms with van der Waals surface area (Å²) in [4.78, 5) is 27.0. The Labute approximate surface area is 205 Å². The van der Waals surface area contributed by atoms with Crippen LogP contribution in [0, 0.1) is 0 Å². The van der Waals surface area contributed by atoms with Crippen molar-refractivity contribution in [3.05, 3.63) is 56.9 Å². The number of hydrogen-bond donors (Lipinski definition) is 1. The maximum Gasteiger partial charge on any atom is 0.266 e. The van der Waals surface area contributed by atoms with Gasteiger partial charge in [0.05, 0.1) is 19.1 Å². The Hall–Kier alpha value is -2.26. The molecule has 0 unspecified atom stereocenters. The molecular weight excluding hydrogens is 491 g/mol. The lowest BCUT2D eigenvalue weighted by Gasteiger charge is -2.14. The number of methoxy groups -OCH3 is 2. The van der Waals surface area contributed by atoms with E-state index in [1.54, 1.807) is 50.6 Å². The third-order valence-corrected chi connectivity index (χ3v) is 6.33. The first-order chi connectivity index (χ1) is 15.3. The number of nitrogens with one attached hydrogen (secondary N) is 1. The van der Waals surface area contributed by atoms with E-state index in [9.17, 15) is 9.59 Å². The summed E-state index contributed by atoms with van der Waals surface area (Å²) in [6, 6.07) is 10.2. The molecule has 10 heteroatoms. The van der Waals surface area contributed by atoms with E-state index in [0.29, 0.717) is 49.4 Å². The van der Waals surface area contributed by atoms with Crippen LogP contribution in [0.15, 0.2) is 41.3 Å². The third kappa shape index (κ3) is 6.16. The molecule has 0 spiro atoms. The number of nitrogens with zero attached hydrogens (tertiary/aromatic N) is 1. The van der Waals surface area contributed by atoms with E-state index in [1.807, 2.05) is 6.07 Å².